The number of hydrogen-bond donors (Lipinski definition) is 2. The molecular formula is C24H40B2N4O5S. The number of imidazole rings is 1. The molecule has 3 heterocycles. The molecular weight excluding hydrogens is 478 g/mol. The van der Waals surface area contributed by atoms with Gasteiger partial charge in [0.2, 0.25) is 0 Å². The number of rotatable bonds is 8. The van der Waals surface area contributed by atoms with E-state index in [4.69, 9.17) is 4.18 Å². The summed E-state index contributed by atoms with van der Waals surface area (Å²) in [6, 6.07) is 6.64. The minimum Gasteiger partial charge on any atom is -0.437 e. The monoisotopic (exact) mass is 518 g/mol. The molecule has 2 N–H and O–H groups in total. The molecule has 2 saturated heterocycles. The Bertz CT molecular complexity index is 1010. The molecule has 198 valence electrons. The molecule has 1 aromatic carbocycles. The van der Waals surface area contributed by atoms with Crippen molar-refractivity contribution in [3.8, 4) is 0 Å². The minimum absolute atomic E-state index is 0.133. The highest BCUT2D eigenvalue weighted by Crippen LogP contribution is 2.21. The molecule has 0 aliphatic carbocycles. The van der Waals surface area contributed by atoms with Gasteiger partial charge in [-0.05, 0) is 96.4 Å². The van der Waals surface area contributed by atoms with Crippen LogP contribution in [0.2, 0.25) is 13.6 Å². The van der Waals surface area contributed by atoms with Gasteiger partial charge in [-0.15, -0.1) is 0 Å². The van der Waals surface area contributed by atoms with Gasteiger partial charge in [0.15, 0.2) is 0 Å². The molecule has 2 aliphatic heterocycles. The molecule has 0 amide bonds. The molecule has 9 nitrogen and oxygen atoms in total. The van der Waals surface area contributed by atoms with E-state index in [0.29, 0.717) is 12.5 Å². The number of aromatic nitrogens is 2. The van der Waals surface area contributed by atoms with Gasteiger partial charge >= 0.3 is 14.1 Å². The molecule has 0 spiro atoms. The maximum Gasteiger partial charge on any atom is 0.376 e. The lowest BCUT2D eigenvalue weighted by Gasteiger charge is -2.33. The Kier molecular flexibility index (Phi) is 11.0. The lowest BCUT2D eigenvalue weighted by molar-refractivity contribution is 0.174. The molecule has 0 saturated carbocycles. The first kappa shape index (κ1) is 28.9. The zero-order chi connectivity index (χ0) is 26.1. The van der Waals surface area contributed by atoms with Crippen LogP contribution in [0.1, 0.15) is 31.2 Å². The van der Waals surface area contributed by atoms with Gasteiger partial charge in [0.25, 0.3) is 10.1 Å². The molecule has 0 radical (unpaired) electrons. The fourth-order valence-electron chi connectivity index (χ4n) is 4.81. The van der Waals surface area contributed by atoms with Gasteiger partial charge in [0.05, 0.1) is 17.8 Å². The van der Waals surface area contributed by atoms with Gasteiger partial charge < -0.3 is 24.2 Å². The lowest BCUT2D eigenvalue weighted by atomic mass is 9.80. The van der Waals surface area contributed by atoms with E-state index in [1.807, 2.05) is 37.3 Å². The van der Waals surface area contributed by atoms with Crippen LogP contribution < -0.4 is 0 Å². The summed E-state index contributed by atoms with van der Waals surface area (Å²) < 4.78 is 31.5. The van der Waals surface area contributed by atoms with Gasteiger partial charge in [-0.2, -0.15) is 8.42 Å². The van der Waals surface area contributed by atoms with Crippen molar-refractivity contribution in [2.75, 3.05) is 32.8 Å². The fourth-order valence-corrected chi connectivity index (χ4v) is 5.79. The highest BCUT2D eigenvalue weighted by molar-refractivity contribution is 7.86. The molecule has 2 fully saturated rings. The Morgan fingerprint density at radius 1 is 1.00 bits per heavy atom. The summed E-state index contributed by atoms with van der Waals surface area (Å²) in [5.41, 5.74) is 1.01. The van der Waals surface area contributed by atoms with E-state index in [1.165, 1.54) is 12.8 Å². The summed E-state index contributed by atoms with van der Waals surface area (Å²) in [7, 11) is -4.50. The number of hydrogen-bond acceptors (Lipinski definition) is 8. The number of benzene rings is 1. The van der Waals surface area contributed by atoms with Crippen LogP contribution in [-0.4, -0.2) is 84.5 Å². The smallest absolute Gasteiger partial charge is 0.376 e. The van der Waals surface area contributed by atoms with Crippen molar-refractivity contribution in [3.63, 3.8) is 0 Å². The van der Waals surface area contributed by atoms with Crippen molar-refractivity contribution in [1.29, 1.82) is 0 Å². The maximum absolute atomic E-state index is 12.1. The van der Waals surface area contributed by atoms with Crippen molar-refractivity contribution >= 4 is 24.2 Å². The molecule has 2 aromatic rings. The predicted octanol–water partition coefficient (Wildman–Crippen LogP) is 2.23. The Balaban J connectivity index is 0.000000212. The van der Waals surface area contributed by atoms with Crippen LogP contribution in [0, 0.1) is 18.8 Å². The second kappa shape index (κ2) is 13.7. The molecule has 36 heavy (non-hydrogen) atoms. The van der Waals surface area contributed by atoms with Crippen LogP contribution in [0.4, 0.5) is 0 Å². The van der Waals surface area contributed by atoms with Crippen LogP contribution in [0.15, 0.2) is 47.9 Å². The molecule has 0 unspecified atom stereocenters. The first-order chi connectivity index (χ1) is 17.1. The molecule has 2 atom stereocenters. The van der Waals surface area contributed by atoms with Crippen molar-refractivity contribution in [1.82, 2.24) is 19.2 Å². The van der Waals surface area contributed by atoms with Crippen LogP contribution in [-0.2, 0) is 20.8 Å². The lowest BCUT2D eigenvalue weighted by Crippen LogP contribution is -2.45. The van der Waals surface area contributed by atoms with E-state index in [0.717, 1.165) is 44.6 Å². The van der Waals surface area contributed by atoms with Crippen LogP contribution >= 0.6 is 0 Å². The number of aryl methyl sites for hydroxylation is 1. The van der Waals surface area contributed by atoms with E-state index >= 15 is 0 Å². The zero-order valence-corrected chi connectivity index (χ0v) is 22.6. The Morgan fingerprint density at radius 3 is 2.14 bits per heavy atom. The largest absolute Gasteiger partial charge is 0.437 e. The summed E-state index contributed by atoms with van der Waals surface area (Å²) in [6.45, 7) is 10.2. The van der Waals surface area contributed by atoms with E-state index < -0.39 is 17.2 Å². The summed E-state index contributed by atoms with van der Waals surface area (Å²) in [5.74, 6) is 0.774. The third-order valence-corrected chi connectivity index (χ3v) is 8.25. The fraction of sp³-hybridized carbons (Fsp3) is 0.625. The molecule has 2 aliphatic rings. The van der Waals surface area contributed by atoms with Crippen molar-refractivity contribution < 1.29 is 22.6 Å². The number of nitrogens with zero attached hydrogens (tertiary/aromatic N) is 4. The van der Waals surface area contributed by atoms with Gasteiger partial charge in [-0.1, -0.05) is 17.7 Å². The van der Waals surface area contributed by atoms with Crippen LogP contribution in [0.5, 0.6) is 0 Å². The van der Waals surface area contributed by atoms with E-state index in [1.54, 1.807) is 31.1 Å². The predicted molar refractivity (Wildman–Crippen MR) is 143 cm³/mol. The minimum atomic E-state index is -3.70. The summed E-state index contributed by atoms with van der Waals surface area (Å²) in [5, 5.41) is 19.1. The molecule has 4 rings (SSSR count). The van der Waals surface area contributed by atoms with Crippen molar-refractivity contribution in [2.24, 2.45) is 11.8 Å². The van der Waals surface area contributed by atoms with E-state index in [2.05, 4.69) is 14.4 Å². The van der Waals surface area contributed by atoms with E-state index in [9.17, 15) is 18.5 Å². The Morgan fingerprint density at radius 2 is 1.58 bits per heavy atom. The second-order valence-corrected chi connectivity index (χ2v) is 11.7. The van der Waals surface area contributed by atoms with E-state index in [-0.39, 0.29) is 24.5 Å². The quantitative estimate of drug-likeness (QED) is 0.405. The van der Waals surface area contributed by atoms with Crippen molar-refractivity contribution in [2.45, 2.75) is 57.7 Å². The Hall–Kier alpha value is -1.69. The SMILES string of the molecule is CB(O)N1CCC[C@H](COS(=O)(=O)c2ccc(C)cc2)C1.CB(O)N1CCC[C@H](Cn2ccnc2)C1. The van der Waals surface area contributed by atoms with Crippen LogP contribution in [0.3, 0.4) is 0 Å². The normalized spacial score (nSPS) is 21.5. The molecule has 1 aromatic heterocycles. The number of piperidine rings is 2. The van der Waals surface area contributed by atoms with Gasteiger partial charge in [0, 0.05) is 18.9 Å². The highest BCUT2D eigenvalue weighted by Gasteiger charge is 2.27. The van der Waals surface area contributed by atoms with Crippen LogP contribution in [0.25, 0.3) is 0 Å². The van der Waals surface area contributed by atoms with Gasteiger partial charge in [-0.25, -0.2) is 4.98 Å². The van der Waals surface area contributed by atoms with Gasteiger partial charge in [-0.3, -0.25) is 4.18 Å². The molecule has 12 heteroatoms. The third kappa shape index (κ3) is 9.00. The first-order valence-corrected chi connectivity index (χ1v) is 14.3. The summed E-state index contributed by atoms with van der Waals surface area (Å²) in [6.07, 6.45) is 9.99. The maximum atomic E-state index is 12.1. The average molecular weight is 518 g/mol. The Labute approximate surface area is 216 Å². The average Bonchev–Trinajstić information content (AvgIpc) is 3.37. The van der Waals surface area contributed by atoms with Crippen molar-refractivity contribution in [3.05, 3.63) is 48.5 Å². The highest BCUT2D eigenvalue weighted by atomic mass is 32.2. The standard InChI is InChI=1S/C14H22BNO4S.C10H18BN3O/c1-12-5-7-14(8-6-12)21(18,19)20-11-13-4-3-9-16(10-13)15(2)17;1-11(15)14-5-2-3-10(8-14)7-13-6-4-12-9-13/h5-8,13,17H,3-4,9-11H2,1-2H3;4,6,9-10,15H,2-3,5,7-8H2,1H3/t13-;10-/m01/s1. The topological polar surface area (TPSA) is 108 Å². The van der Waals surface area contributed by atoms with Gasteiger partial charge in [0.1, 0.15) is 0 Å². The second-order valence-electron chi connectivity index (χ2n) is 10.1. The summed E-state index contributed by atoms with van der Waals surface area (Å²) in [4.78, 5) is 8.32. The third-order valence-electron chi connectivity index (χ3n) is 6.95. The zero-order valence-electron chi connectivity index (χ0n) is 21.7. The first-order valence-electron chi connectivity index (χ1n) is 12.9. The summed E-state index contributed by atoms with van der Waals surface area (Å²) >= 11 is 0. The molecule has 0 bridgehead atoms.